The number of hydrogen-bond donors (Lipinski definition) is 1. The van der Waals surface area contributed by atoms with E-state index in [-0.39, 0.29) is 23.1 Å². The molecule has 0 aliphatic heterocycles. The van der Waals surface area contributed by atoms with Crippen LogP contribution in [-0.2, 0) is 4.74 Å². The molecule has 21 heavy (non-hydrogen) atoms. The minimum atomic E-state index is -0.709. The lowest BCUT2D eigenvalue weighted by molar-refractivity contribution is 0.0512. The van der Waals surface area contributed by atoms with Crippen molar-refractivity contribution in [3.8, 4) is 0 Å². The van der Waals surface area contributed by atoms with E-state index in [1.165, 1.54) is 16.6 Å². The minimum Gasteiger partial charge on any atom is -0.460 e. The molecule has 0 unspecified atom stereocenters. The van der Waals surface area contributed by atoms with Crippen LogP contribution in [0.15, 0.2) is 16.9 Å². The molecule has 7 nitrogen and oxygen atoms in total. The number of carbonyl (C=O) groups excluding carboxylic acids is 1. The van der Waals surface area contributed by atoms with Crippen molar-refractivity contribution in [2.45, 2.75) is 6.92 Å². The van der Waals surface area contributed by atoms with Gasteiger partial charge in [-0.3, -0.25) is 4.79 Å². The highest BCUT2D eigenvalue weighted by atomic mass is 35.5. The number of rotatable bonds is 2. The molecular formula is C12H8Cl2N4O3. The molecule has 0 radical (unpaired) electrons. The predicted molar refractivity (Wildman–Crippen MR) is 77.1 cm³/mol. The zero-order valence-electron chi connectivity index (χ0n) is 10.7. The number of esters is 1. The number of benzene rings is 1. The first kappa shape index (κ1) is 13.8. The molecule has 3 rings (SSSR count). The van der Waals surface area contributed by atoms with Gasteiger partial charge in [-0.25, -0.2) is 9.31 Å². The van der Waals surface area contributed by atoms with Gasteiger partial charge < -0.3 is 9.72 Å². The number of nitrogens with one attached hydrogen (secondary N) is 1. The maximum absolute atomic E-state index is 12.0. The van der Waals surface area contributed by atoms with Gasteiger partial charge in [0.15, 0.2) is 0 Å². The Hall–Kier alpha value is -2.12. The van der Waals surface area contributed by atoms with Gasteiger partial charge in [-0.2, -0.15) is 4.98 Å². The van der Waals surface area contributed by atoms with E-state index in [1.54, 1.807) is 6.92 Å². The molecule has 1 N–H and O–H groups in total. The Morgan fingerprint density at radius 2 is 2.19 bits per heavy atom. The van der Waals surface area contributed by atoms with Crippen molar-refractivity contribution in [2.75, 3.05) is 6.61 Å². The van der Waals surface area contributed by atoms with Crippen molar-refractivity contribution in [1.29, 1.82) is 0 Å². The highest BCUT2D eigenvalue weighted by Gasteiger charge is 2.18. The van der Waals surface area contributed by atoms with Gasteiger partial charge in [0.25, 0.3) is 11.4 Å². The number of H-pyrrole nitrogens is 1. The van der Waals surface area contributed by atoms with Gasteiger partial charge >= 0.3 is 5.97 Å². The van der Waals surface area contributed by atoms with E-state index in [2.05, 4.69) is 15.1 Å². The minimum absolute atomic E-state index is 0.0465. The first-order chi connectivity index (χ1) is 10.0. The van der Waals surface area contributed by atoms with Gasteiger partial charge in [-0.1, -0.05) is 23.2 Å². The van der Waals surface area contributed by atoms with Gasteiger partial charge in [0.2, 0.25) is 5.65 Å². The predicted octanol–water partition coefficient (Wildman–Crippen LogP) is 2.05. The zero-order valence-corrected chi connectivity index (χ0v) is 12.2. The van der Waals surface area contributed by atoms with E-state index in [0.717, 1.165) is 0 Å². The summed E-state index contributed by atoms with van der Waals surface area (Å²) in [6, 6.07) is 3.05. The highest BCUT2D eigenvalue weighted by molar-refractivity contribution is 6.38. The van der Waals surface area contributed by atoms with Crippen LogP contribution in [0, 0.1) is 0 Å². The fourth-order valence-corrected chi connectivity index (χ4v) is 2.53. The largest absolute Gasteiger partial charge is 0.460 e. The molecule has 0 saturated carbocycles. The average Bonchev–Trinajstić information content (AvgIpc) is 2.83. The average molecular weight is 327 g/mol. The summed E-state index contributed by atoms with van der Waals surface area (Å²) in [6.45, 7) is 1.84. The van der Waals surface area contributed by atoms with Crippen LogP contribution >= 0.6 is 23.2 Å². The Morgan fingerprint density at radius 1 is 1.43 bits per heavy atom. The molecule has 0 atom stereocenters. The second-order valence-corrected chi connectivity index (χ2v) is 4.97. The Balaban J connectivity index is 2.38. The third-order valence-electron chi connectivity index (χ3n) is 2.76. The number of aromatic nitrogens is 4. The molecule has 108 valence electrons. The summed E-state index contributed by atoms with van der Waals surface area (Å²) in [5.74, 6) is -0.917. The molecule has 0 saturated heterocycles. The fourth-order valence-electron chi connectivity index (χ4n) is 1.95. The number of nitrogens with zero attached hydrogens (tertiary/aromatic N) is 3. The number of hydrogen-bond acceptors (Lipinski definition) is 5. The van der Waals surface area contributed by atoms with Crippen LogP contribution in [0.25, 0.3) is 16.7 Å². The van der Waals surface area contributed by atoms with Crippen LogP contribution in [0.1, 0.15) is 17.5 Å². The second-order valence-electron chi connectivity index (χ2n) is 4.13. The smallest absolute Gasteiger partial charge is 0.378 e. The van der Waals surface area contributed by atoms with E-state index in [0.29, 0.717) is 16.1 Å². The van der Waals surface area contributed by atoms with Crippen LogP contribution in [-0.4, -0.2) is 32.2 Å². The van der Waals surface area contributed by atoms with Crippen molar-refractivity contribution >= 4 is 45.9 Å². The molecule has 1 aromatic carbocycles. The second kappa shape index (κ2) is 5.01. The fraction of sp³-hybridized carbons (Fsp3) is 0.167. The first-order valence-electron chi connectivity index (χ1n) is 5.96. The van der Waals surface area contributed by atoms with Crippen LogP contribution in [0.3, 0.4) is 0 Å². The summed E-state index contributed by atoms with van der Waals surface area (Å²) in [7, 11) is 0. The van der Waals surface area contributed by atoms with E-state index >= 15 is 0 Å². The first-order valence-corrected chi connectivity index (χ1v) is 6.71. The number of halogens is 2. The highest BCUT2D eigenvalue weighted by Crippen LogP contribution is 2.25. The monoisotopic (exact) mass is 326 g/mol. The van der Waals surface area contributed by atoms with E-state index in [1.807, 2.05) is 0 Å². The summed E-state index contributed by atoms with van der Waals surface area (Å²) in [5, 5.41) is 4.64. The van der Waals surface area contributed by atoms with Crippen LogP contribution < -0.4 is 5.56 Å². The molecule has 9 heteroatoms. The molecular weight excluding hydrogens is 319 g/mol. The Bertz CT molecular complexity index is 932. The lowest BCUT2D eigenvalue weighted by atomic mass is 10.3. The maximum atomic E-state index is 12.0. The van der Waals surface area contributed by atoms with Crippen LogP contribution in [0.2, 0.25) is 10.0 Å². The Labute approximate surface area is 127 Å². The topological polar surface area (TPSA) is 89.3 Å². The Morgan fingerprint density at radius 3 is 2.90 bits per heavy atom. The lowest BCUT2D eigenvalue weighted by Crippen LogP contribution is -2.11. The van der Waals surface area contributed by atoms with E-state index < -0.39 is 11.5 Å². The third kappa shape index (κ3) is 2.24. The van der Waals surface area contributed by atoms with Crippen molar-refractivity contribution in [3.63, 3.8) is 0 Å². The molecule has 0 aliphatic rings. The van der Waals surface area contributed by atoms with Crippen LogP contribution in [0.5, 0.6) is 0 Å². The summed E-state index contributed by atoms with van der Waals surface area (Å²) in [6.07, 6.45) is 0. The molecule has 0 spiro atoms. The quantitative estimate of drug-likeness (QED) is 0.728. The standard InChI is InChI=1S/C12H8Cl2N4O3/c1-2-21-12(20)9-16-10-11(19)15-7-4-5(13)3-6(14)8(7)18(10)17-9/h3-4H,2H2,1H3,(H,15,19). The van der Waals surface area contributed by atoms with Gasteiger partial charge in [0, 0.05) is 5.02 Å². The number of ether oxygens (including phenoxy) is 1. The SMILES string of the molecule is CCOC(=O)c1nc2c(=O)[nH]c3cc(Cl)cc(Cl)c3n2n1. The molecule has 0 bridgehead atoms. The molecule has 2 heterocycles. The molecule has 3 aromatic rings. The van der Waals surface area contributed by atoms with Gasteiger partial charge in [-0.05, 0) is 19.1 Å². The van der Waals surface area contributed by atoms with Gasteiger partial charge in [-0.15, -0.1) is 5.10 Å². The Kier molecular flexibility index (Phi) is 3.30. The normalized spacial score (nSPS) is 11.2. The maximum Gasteiger partial charge on any atom is 0.378 e. The zero-order chi connectivity index (χ0) is 15.1. The third-order valence-corrected chi connectivity index (χ3v) is 3.26. The molecule has 0 amide bonds. The van der Waals surface area contributed by atoms with Crippen LogP contribution in [0.4, 0.5) is 0 Å². The van der Waals surface area contributed by atoms with Crippen molar-refractivity contribution in [3.05, 3.63) is 38.4 Å². The number of aromatic amines is 1. The van der Waals surface area contributed by atoms with Gasteiger partial charge in [0.05, 0.1) is 17.1 Å². The molecule has 0 aliphatic carbocycles. The van der Waals surface area contributed by atoms with E-state index in [9.17, 15) is 9.59 Å². The lowest BCUT2D eigenvalue weighted by Gasteiger charge is -2.03. The van der Waals surface area contributed by atoms with Crippen molar-refractivity contribution in [2.24, 2.45) is 0 Å². The van der Waals surface area contributed by atoms with Gasteiger partial charge in [0.1, 0.15) is 5.52 Å². The van der Waals surface area contributed by atoms with Crippen molar-refractivity contribution < 1.29 is 9.53 Å². The molecule has 2 aromatic heterocycles. The molecule has 0 fully saturated rings. The van der Waals surface area contributed by atoms with E-state index in [4.69, 9.17) is 27.9 Å². The summed E-state index contributed by atoms with van der Waals surface area (Å²) in [4.78, 5) is 30.2. The number of fused-ring (bicyclic) bond motifs is 3. The summed E-state index contributed by atoms with van der Waals surface area (Å²) >= 11 is 12.0. The summed E-state index contributed by atoms with van der Waals surface area (Å²) in [5.41, 5.74) is 0.239. The van der Waals surface area contributed by atoms with Crippen molar-refractivity contribution in [1.82, 2.24) is 19.6 Å². The number of carbonyl (C=O) groups is 1. The summed E-state index contributed by atoms with van der Waals surface area (Å²) < 4.78 is 6.02.